The number of fused-ring (bicyclic) bond motifs is 1. The van der Waals surface area contributed by atoms with E-state index in [0.29, 0.717) is 0 Å². The number of aliphatic hydroxyl groups is 2. The predicted molar refractivity (Wildman–Crippen MR) is 92.5 cm³/mol. The molecule has 1 amide bonds. The van der Waals surface area contributed by atoms with Crippen molar-refractivity contribution in [2.45, 2.75) is 30.6 Å². The van der Waals surface area contributed by atoms with Gasteiger partial charge in [-0.1, -0.05) is 0 Å². The summed E-state index contributed by atoms with van der Waals surface area (Å²) in [6.07, 6.45) is -4.38. The van der Waals surface area contributed by atoms with Gasteiger partial charge in [-0.2, -0.15) is 4.99 Å². The molecule has 0 aliphatic carbocycles. The van der Waals surface area contributed by atoms with Crippen LogP contribution in [0.2, 0.25) is 0 Å². The molecule has 5 N–H and O–H groups in total. The van der Waals surface area contributed by atoms with Crippen molar-refractivity contribution in [2.24, 2.45) is 15.0 Å². The smallest absolute Gasteiger partial charge is 0.756 e. The zero-order valence-electron chi connectivity index (χ0n) is 18.2. The molecule has 3 aliphatic rings. The number of amides is 1. The Labute approximate surface area is 262 Å². The molecule has 0 aromatic carbocycles. The molecule has 0 radical (unpaired) electrons. The third kappa shape index (κ3) is 10.3. The molecule has 1 fully saturated rings. The second-order valence-corrected chi connectivity index (χ2v) is 10.3. The van der Waals surface area contributed by atoms with E-state index < -0.39 is 66.6 Å². The first-order valence-electron chi connectivity index (χ1n) is 7.89. The maximum atomic E-state index is 11.7. The van der Waals surface area contributed by atoms with Crippen LogP contribution in [0.25, 0.3) is 0 Å². The van der Waals surface area contributed by atoms with Crippen molar-refractivity contribution in [2.75, 3.05) is 6.61 Å². The van der Waals surface area contributed by atoms with Gasteiger partial charge >= 0.3 is 88.7 Å². The zero-order chi connectivity index (χ0) is 23.2. The largest absolute Gasteiger partial charge is 1.00 e. The van der Waals surface area contributed by atoms with Crippen LogP contribution in [0, 0.1) is 0 Å². The van der Waals surface area contributed by atoms with Crippen LogP contribution in [-0.2, 0) is 36.4 Å². The number of aliphatic imine (C=N–C) groups is 3. The third-order valence-corrected chi connectivity index (χ3v) is 7.56. The topological polar surface area (TPSA) is 307 Å². The Morgan fingerprint density at radius 1 is 1.06 bits per heavy atom. The number of carbonyl (C=O) groups excluding carboxylic acids is 1. The van der Waals surface area contributed by atoms with Gasteiger partial charge in [-0.05, 0) is 0 Å². The van der Waals surface area contributed by atoms with Gasteiger partial charge in [0.1, 0.15) is 30.5 Å². The number of phosphoric ester groups is 1. The fourth-order valence-corrected chi connectivity index (χ4v) is 5.57. The van der Waals surface area contributed by atoms with E-state index in [-0.39, 0.29) is 100.0 Å². The number of phosphoric acid groups is 3. The van der Waals surface area contributed by atoms with Crippen molar-refractivity contribution in [3.63, 3.8) is 0 Å². The molecular weight excluding hydrogens is 578 g/mol. The number of ether oxygens (including phenoxy) is 1. The summed E-state index contributed by atoms with van der Waals surface area (Å²) in [6, 6.07) is -1.08. The van der Waals surface area contributed by atoms with E-state index in [1.807, 2.05) is 0 Å². The summed E-state index contributed by atoms with van der Waals surface area (Å²) in [5.41, 5.74) is 0. The Hall–Kier alpha value is 1.73. The normalized spacial score (nSPS) is 31.8. The molecule has 0 bridgehead atoms. The molecule has 3 aliphatic heterocycles. The molecule has 19 nitrogen and oxygen atoms in total. The van der Waals surface area contributed by atoms with E-state index >= 15 is 0 Å². The number of rotatable bonds is 8. The monoisotopic (exact) mass is 592 g/mol. The van der Waals surface area contributed by atoms with E-state index in [2.05, 4.69) is 28.1 Å². The van der Waals surface area contributed by atoms with Crippen molar-refractivity contribution in [1.82, 2.24) is 4.90 Å². The van der Waals surface area contributed by atoms with Gasteiger partial charge in [0.25, 0.3) is 29.4 Å². The molecule has 35 heavy (non-hydrogen) atoms. The number of nitrogens with zero attached hydrogens (tertiary/aromatic N) is 4. The zero-order valence-corrected chi connectivity index (χ0v) is 26.9. The van der Waals surface area contributed by atoms with Gasteiger partial charge in [-0.3, -0.25) is 28.4 Å². The van der Waals surface area contributed by atoms with Gasteiger partial charge < -0.3 is 44.5 Å². The van der Waals surface area contributed by atoms with Gasteiger partial charge in [0.2, 0.25) is 0 Å². The summed E-state index contributed by atoms with van der Waals surface area (Å²) < 4.78 is 49.2. The number of hydrogen-bond donors (Lipinski definition) is 3. The summed E-state index contributed by atoms with van der Waals surface area (Å²) in [5.74, 6) is -0.623. The fourth-order valence-electron chi connectivity index (χ4n) is 2.68. The second-order valence-electron chi connectivity index (χ2n) is 6.01. The number of amidine groups is 1. The van der Waals surface area contributed by atoms with Crippen molar-refractivity contribution in [3.8, 4) is 0 Å². The molecule has 3 heterocycles. The SMILES string of the molecule is O.O=C1N=CN=C2C1N=CN2C1OC(COP(=O)([O-])OP(=O)([O-])OP(=O)([O-])O)C(O)C1O.[Na+].[Na+].[Na+]. The minimum atomic E-state index is -6.09. The first-order valence-corrected chi connectivity index (χ1v) is 12.3. The molecule has 1 saturated heterocycles. The van der Waals surface area contributed by atoms with E-state index in [1.54, 1.807) is 0 Å². The Bertz CT molecular complexity index is 993. The Morgan fingerprint density at radius 2 is 1.66 bits per heavy atom. The fraction of sp³-hybridized carbons (Fsp3) is 0.600. The minimum Gasteiger partial charge on any atom is -0.756 e. The molecule has 3 rings (SSSR count). The summed E-state index contributed by atoms with van der Waals surface area (Å²) in [7, 11) is -17.8. The van der Waals surface area contributed by atoms with E-state index in [0.717, 1.165) is 17.6 Å². The van der Waals surface area contributed by atoms with Crippen LogP contribution in [-0.4, -0.2) is 87.1 Å². The van der Waals surface area contributed by atoms with E-state index in [9.17, 15) is 43.4 Å². The van der Waals surface area contributed by atoms with Crippen molar-refractivity contribution < 1.29 is 160 Å². The van der Waals surface area contributed by atoms with E-state index in [1.165, 1.54) is 0 Å². The molecule has 8 unspecified atom stereocenters. The number of hydrogen-bond acceptors (Lipinski definition) is 16. The molecule has 0 aromatic rings. The van der Waals surface area contributed by atoms with Crippen LogP contribution in [0.4, 0.5) is 0 Å². The average molecular weight is 592 g/mol. The standard InChI is InChI=1S/C10H15N4O14P3.3Na.H2O/c15-6-4(1-25-30(21,22)28-31(23,24)27-29(18,19)20)26-10(7(6)16)14-3-13-5-8(14)11-2-12-9(5)17;;;;/h2-7,10,15-16H,1H2,(H,21,22)(H,23,24)(H2,18,19,20);;;;1H2/q;3*+1;/p-3. The van der Waals surface area contributed by atoms with E-state index in [4.69, 9.17) is 9.63 Å². The summed E-state index contributed by atoms with van der Waals surface area (Å²) in [6.45, 7) is -1.09. The molecule has 25 heteroatoms. The second kappa shape index (κ2) is 14.9. The Balaban J connectivity index is 0. The Kier molecular flexibility index (Phi) is 16.6. The summed E-state index contributed by atoms with van der Waals surface area (Å²) in [5, 5.41) is 20.3. The van der Waals surface area contributed by atoms with Gasteiger partial charge in [-0.15, -0.1) is 0 Å². The minimum absolute atomic E-state index is 0. The van der Waals surface area contributed by atoms with Crippen LogP contribution in [0.15, 0.2) is 15.0 Å². The first-order chi connectivity index (χ1) is 14.2. The van der Waals surface area contributed by atoms with Crippen LogP contribution in [0.3, 0.4) is 0 Å². The van der Waals surface area contributed by atoms with Crippen molar-refractivity contribution in [3.05, 3.63) is 0 Å². The van der Waals surface area contributed by atoms with Crippen LogP contribution in [0.1, 0.15) is 0 Å². The van der Waals surface area contributed by atoms with Crippen LogP contribution >= 0.6 is 23.5 Å². The molecular formula is C10H14N4Na3O15P3. The van der Waals surface area contributed by atoms with Gasteiger partial charge in [0.15, 0.2) is 12.3 Å². The molecule has 0 spiro atoms. The Morgan fingerprint density at radius 3 is 2.23 bits per heavy atom. The maximum absolute atomic E-state index is 11.7. The van der Waals surface area contributed by atoms with Crippen molar-refractivity contribution >= 4 is 47.9 Å². The van der Waals surface area contributed by atoms with Crippen LogP contribution < -0.4 is 103 Å². The third-order valence-electron chi connectivity index (χ3n) is 3.87. The summed E-state index contributed by atoms with van der Waals surface area (Å²) in [4.78, 5) is 65.4. The maximum Gasteiger partial charge on any atom is 1.00 e. The van der Waals surface area contributed by atoms with Gasteiger partial charge in [0, 0.05) is 0 Å². The van der Waals surface area contributed by atoms with Crippen molar-refractivity contribution in [1.29, 1.82) is 0 Å². The number of carbonyl (C=O) groups is 1. The molecule has 0 aromatic heterocycles. The molecule has 0 saturated carbocycles. The quantitative estimate of drug-likeness (QED) is 0.174. The molecule has 182 valence electrons. The van der Waals surface area contributed by atoms with Gasteiger partial charge in [-0.25, -0.2) is 13.6 Å². The first kappa shape index (κ1) is 38.9. The number of aliphatic hydroxyl groups excluding tert-OH is 2. The average Bonchev–Trinajstić information content (AvgIpc) is 3.13. The predicted octanol–water partition coefficient (Wildman–Crippen LogP) is -14.3. The molecule has 8 atom stereocenters. The van der Waals surface area contributed by atoms with Crippen LogP contribution in [0.5, 0.6) is 0 Å². The van der Waals surface area contributed by atoms with Gasteiger partial charge in [0.05, 0.1) is 12.9 Å². The summed E-state index contributed by atoms with van der Waals surface area (Å²) >= 11 is 0.